The van der Waals surface area contributed by atoms with E-state index in [4.69, 9.17) is 11.6 Å². The number of hydrogen-bond acceptors (Lipinski definition) is 1. The number of hydrogen-bond donors (Lipinski definition) is 1. The molecular formula is C10H12ClNO. The molecule has 0 spiro atoms. The molecular weight excluding hydrogens is 186 g/mol. The van der Waals surface area contributed by atoms with E-state index >= 15 is 0 Å². The van der Waals surface area contributed by atoms with E-state index in [1.54, 1.807) is 19.2 Å². The van der Waals surface area contributed by atoms with Crippen LogP contribution >= 0.6 is 11.6 Å². The Morgan fingerprint density at radius 2 is 2.31 bits per heavy atom. The molecule has 0 heterocycles. The topological polar surface area (TPSA) is 29.1 Å². The molecule has 0 bridgehead atoms. The zero-order chi connectivity index (χ0) is 9.84. The normalized spacial score (nSPS) is 21.6. The fourth-order valence-electron chi connectivity index (χ4n) is 1.16. The summed E-state index contributed by atoms with van der Waals surface area (Å²) >= 11 is 5.84. The summed E-state index contributed by atoms with van der Waals surface area (Å²) in [7, 11) is 1.61. The number of carbonyl (C=O) groups is 1. The highest BCUT2D eigenvalue weighted by Crippen LogP contribution is 2.20. The second kappa shape index (κ2) is 4.28. The minimum Gasteiger partial charge on any atom is -0.355 e. The molecule has 0 aromatic heterocycles. The van der Waals surface area contributed by atoms with Crippen molar-refractivity contribution >= 4 is 17.5 Å². The standard InChI is InChI=1S/C10H12ClNO/c1-7-4-3-5-8(11)6-9(7)10(13)12-2/h3-7H,1-2H3,(H,12,13). The van der Waals surface area contributed by atoms with E-state index in [0.717, 1.165) is 0 Å². The zero-order valence-electron chi connectivity index (χ0n) is 7.67. The monoisotopic (exact) mass is 197 g/mol. The fraction of sp³-hybridized carbons (Fsp3) is 0.300. The van der Waals surface area contributed by atoms with E-state index in [2.05, 4.69) is 5.32 Å². The van der Waals surface area contributed by atoms with Gasteiger partial charge in [0.25, 0.3) is 0 Å². The van der Waals surface area contributed by atoms with Gasteiger partial charge < -0.3 is 5.32 Å². The average molecular weight is 198 g/mol. The van der Waals surface area contributed by atoms with Crippen molar-refractivity contribution in [3.05, 3.63) is 34.9 Å². The molecule has 2 nitrogen and oxygen atoms in total. The first-order valence-corrected chi connectivity index (χ1v) is 4.50. The predicted octanol–water partition coefficient (Wildman–Crippen LogP) is 1.99. The van der Waals surface area contributed by atoms with Gasteiger partial charge >= 0.3 is 0 Å². The molecule has 1 aliphatic carbocycles. The molecule has 3 heteroatoms. The third-order valence-electron chi connectivity index (χ3n) is 1.93. The number of rotatable bonds is 1. The van der Waals surface area contributed by atoms with Crippen molar-refractivity contribution in [1.82, 2.24) is 5.32 Å². The Bertz CT molecular complexity index is 302. The first kappa shape index (κ1) is 10.1. The molecule has 70 valence electrons. The zero-order valence-corrected chi connectivity index (χ0v) is 8.43. The van der Waals surface area contributed by atoms with Gasteiger partial charge in [0, 0.05) is 23.6 Å². The Balaban J connectivity index is 2.99. The smallest absolute Gasteiger partial charge is 0.247 e. The Kier molecular flexibility index (Phi) is 3.32. The number of amides is 1. The van der Waals surface area contributed by atoms with E-state index < -0.39 is 0 Å². The van der Waals surface area contributed by atoms with Crippen molar-refractivity contribution < 1.29 is 4.79 Å². The molecule has 0 aromatic carbocycles. The van der Waals surface area contributed by atoms with Crippen molar-refractivity contribution in [1.29, 1.82) is 0 Å². The number of allylic oxidation sites excluding steroid dienone is 5. The summed E-state index contributed by atoms with van der Waals surface area (Å²) in [5.41, 5.74) is 0.692. The molecule has 0 saturated carbocycles. The molecule has 0 radical (unpaired) electrons. The number of carbonyl (C=O) groups excluding carboxylic acids is 1. The van der Waals surface area contributed by atoms with E-state index in [0.29, 0.717) is 10.6 Å². The highest BCUT2D eigenvalue weighted by Gasteiger charge is 2.14. The minimum absolute atomic E-state index is 0.0781. The molecule has 0 fully saturated rings. The van der Waals surface area contributed by atoms with Crippen LogP contribution in [0.15, 0.2) is 34.9 Å². The van der Waals surface area contributed by atoms with Gasteiger partial charge in [0.15, 0.2) is 0 Å². The average Bonchev–Trinajstić information content (AvgIpc) is 2.27. The Morgan fingerprint density at radius 3 is 2.92 bits per heavy atom. The van der Waals surface area contributed by atoms with Crippen molar-refractivity contribution in [2.45, 2.75) is 6.92 Å². The van der Waals surface area contributed by atoms with Gasteiger partial charge in [0.2, 0.25) is 5.91 Å². The van der Waals surface area contributed by atoms with Crippen LogP contribution in [0.1, 0.15) is 6.92 Å². The van der Waals surface area contributed by atoms with Crippen LogP contribution < -0.4 is 5.32 Å². The summed E-state index contributed by atoms with van der Waals surface area (Å²) in [6.45, 7) is 1.96. The Labute approximate surface area is 83.0 Å². The van der Waals surface area contributed by atoms with Crippen LogP contribution in [0.3, 0.4) is 0 Å². The van der Waals surface area contributed by atoms with Crippen molar-refractivity contribution in [2.24, 2.45) is 5.92 Å². The van der Waals surface area contributed by atoms with Gasteiger partial charge in [-0.25, -0.2) is 0 Å². The summed E-state index contributed by atoms with van der Waals surface area (Å²) in [4.78, 5) is 11.4. The van der Waals surface area contributed by atoms with Gasteiger partial charge in [0.05, 0.1) is 0 Å². The summed E-state index contributed by atoms with van der Waals surface area (Å²) in [6, 6.07) is 0. The highest BCUT2D eigenvalue weighted by molar-refractivity contribution is 6.31. The van der Waals surface area contributed by atoms with Gasteiger partial charge in [-0.1, -0.05) is 30.7 Å². The Morgan fingerprint density at radius 1 is 1.62 bits per heavy atom. The van der Waals surface area contributed by atoms with Crippen LogP contribution in [-0.2, 0) is 4.79 Å². The molecule has 1 N–H and O–H groups in total. The lowest BCUT2D eigenvalue weighted by molar-refractivity contribution is -0.117. The third kappa shape index (κ3) is 2.46. The lowest BCUT2D eigenvalue weighted by Gasteiger charge is -2.09. The fourth-order valence-corrected chi connectivity index (χ4v) is 1.35. The van der Waals surface area contributed by atoms with Crippen LogP contribution in [-0.4, -0.2) is 13.0 Å². The highest BCUT2D eigenvalue weighted by atomic mass is 35.5. The number of likely N-dealkylation sites (N-methyl/N-ethyl adjacent to an activating group) is 1. The van der Waals surface area contributed by atoms with E-state index in [-0.39, 0.29) is 11.8 Å². The summed E-state index contributed by atoms with van der Waals surface area (Å²) in [5.74, 6) is 0.0260. The maximum absolute atomic E-state index is 11.4. The van der Waals surface area contributed by atoms with Gasteiger partial charge in [0.1, 0.15) is 0 Å². The second-order valence-corrected chi connectivity index (χ2v) is 3.34. The van der Waals surface area contributed by atoms with Crippen LogP contribution in [0.4, 0.5) is 0 Å². The van der Waals surface area contributed by atoms with Crippen LogP contribution in [0.25, 0.3) is 0 Å². The van der Waals surface area contributed by atoms with Crippen LogP contribution in [0, 0.1) is 5.92 Å². The largest absolute Gasteiger partial charge is 0.355 e. The summed E-state index contributed by atoms with van der Waals surface area (Å²) < 4.78 is 0. The summed E-state index contributed by atoms with van der Waals surface area (Å²) in [5, 5.41) is 3.17. The third-order valence-corrected chi connectivity index (χ3v) is 2.16. The maximum atomic E-state index is 11.4. The second-order valence-electron chi connectivity index (χ2n) is 2.90. The quantitative estimate of drug-likeness (QED) is 0.685. The van der Waals surface area contributed by atoms with Crippen LogP contribution in [0.5, 0.6) is 0 Å². The molecule has 0 aromatic rings. The van der Waals surface area contributed by atoms with Gasteiger partial charge in [-0.15, -0.1) is 0 Å². The molecule has 0 saturated heterocycles. The first-order chi connectivity index (χ1) is 6.15. The molecule has 0 aliphatic heterocycles. The molecule has 1 aliphatic rings. The molecule has 1 unspecified atom stereocenters. The lowest BCUT2D eigenvalue weighted by Crippen LogP contribution is -2.23. The van der Waals surface area contributed by atoms with Gasteiger partial charge in [-0.3, -0.25) is 4.79 Å². The van der Waals surface area contributed by atoms with E-state index in [9.17, 15) is 4.79 Å². The van der Waals surface area contributed by atoms with E-state index in [1.165, 1.54) is 0 Å². The van der Waals surface area contributed by atoms with Crippen molar-refractivity contribution in [2.75, 3.05) is 7.05 Å². The van der Waals surface area contributed by atoms with Gasteiger partial charge in [-0.2, -0.15) is 0 Å². The molecule has 1 rings (SSSR count). The van der Waals surface area contributed by atoms with Crippen molar-refractivity contribution in [3.63, 3.8) is 0 Å². The van der Waals surface area contributed by atoms with Crippen molar-refractivity contribution in [3.8, 4) is 0 Å². The maximum Gasteiger partial charge on any atom is 0.247 e. The molecule has 1 amide bonds. The lowest BCUT2D eigenvalue weighted by atomic mass is 10.0. The minimum atomic E-state index is -0.0781. The number of halogens is 1. The molecule has 1 atom stereocenters. The van der Waals surface area contributed by atoms with Gasteiger partial charge in [-0.05, 0) is 12.2 Å². The SMILES string of the molecule is CNC(=O)C1=CC(Cl)=CC=CC1C. The first-order valence-electron chi connectivity index (χ1n) is 4.13. The number of nitrogens with one attached hydrogen (secondary N) is 1. The molecule has 13 heavy (non-hydrogen) atoms. The van der Waals surface area contributed by atoms with Crippen LogP contribution in [0.2, 0.25) is 0 Å². The predicted molar refractivity (Wildman–Crippen MR) is 54.4 cm³/mol. The Hall–Kier alpha value is -1.02. The summed E-state index contributed by atoms with van der Waals surface area (Å²) in [6.07, 6.45) is 7.27. The van der Waals surface area contributed by atoms with E-state index in [1.807, 2.05) is 19.1 Å².